The average Bonchev–Trinajstić information content (AvgIpc) is 2.38. The van der Waals surface area contributed by atoms with Crippen molar-refractivity contribution in [2.24, 2.45) is 5.92 Å². The van der Waals surface area contributed by atoms with Crippen LogP contribution in [0.5, 0.6) is 0 Å². The van der Waals surface area contributed by atoms with Crippen LogP contribution in [0.4, 0.5) is 0 Å². The van der Waals surface area contributed by atoms with Crippen LogP contribution >= 0.6 is 11.8 Å². The zero-order valence-electron chi connectivity index (χ0n) is 10.8. The Morgan fingerprint density at radius 3 is 2.88 bits per heavy atom. The third-order valence-electron chi connectivity index (χ3n) is 3.91. The van der Waals surface area contributed by atoms with Gasteiger partial charge in [-0.05, 0) is 45.2 Å². The molecule has 1 atom stereocenters. The Morgan fingerprint density at radius 1 is 1.41 bits per heavy atom. The zero-order chi connectivity index (χ0) is 12.1. The molecule has 2 rings (SSSR count). The molecule has 0 aromatic rings. The normalized spacial score (nSPS) is 27.1. The number of piperidine rings is 1. The van der Waals surface area contributed by atoms with E-state index in [4.69, 9.17) is 0 Å². The second-order valence-corrected chi connectivity index (χ2v) is 6.39. The van der Waals surface area contributed by atoms with E-state index in [1.807, 2.05) is 11.8 Å². The van der Waals surface area contributed by atoms with Crippen molar-refractivity contribution in [3.63, 3.8) is 0 Å². The lowest BCUT2D eigenvalue weighted by Crippen LogP contribution is -2.44. The van der Waals surface area contributed by atoms with Gasteiger partial charge in [-0.15, -0.1) is 0 Å². The molecule has 0 aromatic carbocycles. The molecule has 2 fully saturated rings. The summed E-state index contributed by atoms with van der Waals surface area (Å²) in [7, 11) is 0. The molecule has 2 heterocycles. The Morgan fingerprint density at radius 2 is 2.18 bits per heavy atom. The quantitative estimate of drug-likeness (QED) is 0.834. The summed E-state index contributed by atoms with van der Waals surface area (Å²) in [5.74, 6) is 3.38. The van der Waals surface area contributed by atoms with Gasteiger partial charge in [0.25, 0.3) is 0 Å². The maximum absolute atomic E-state index is 12.2. The van der Waals surface area contributed by atoms with Crippen LogP contribution in [0.3, 0.4) is 0 Å². The number of amides is 1. The maximum atomic E-state index is 12.2. The number of rotatable bonds is 3. The van der Waals surface area contributed by atoms with Crippen molar-refractivity contribution in [1.29, 1.82) is 0 Å². The lowest BCUT2D eigenvalue weighted by molar-refractivity contribution is -0.133. The first-order valence-electron chi connectivity index (χ1n) is 6.85. The Bertz CT molecular complexity index is 254. The van der Waals surface area contributed by atoms with Crippen LogP contribution in [0.15, 0.2) is 0 Å². The molecule has 2 aliphatic heterocycles. The molecule has 17 heavy (non-hydrogen) atoms. The molecular weight excluding hydrogens is 232 g/mol. The van der Waals surface area contributed by atoms with Gasteiger partial charge >= 0.3 is 0 Å². The van der Waals surface area contributed by atoms with Gasteiger partial charge in [0.05, 0.1) is 0 Å². The molecule has 0 bridgehead atoms. The van der Waals surface area contributed by atoms with E-state index >= 15 is 0 Å². The molecule has 2 saturated heterocycles. The molecule has 1 unspecified atom stereocenters. The summed E-state index contributed by atoms with van der Waals surface area (Å²) in [4.78, 5) is 14.2. The van der Waals surface area contributed by atoms with Gasteiger partial charge in [0, 0.05) is 30.5 Å². The van der Waals surface area contributed by atoms with Crippen molar-refractivity contribution >= 4 is 17.7 Å². The van der Waals surface area contributed by atoms with E-state index in [9.17, 15) is 4.79 Å². The molecule has 0 saturated carbocycles. The van der Waals surface area contributed by atoms with E-state index < -0.39 is 0 Å². The topological polar surface area (TPSA) is 32.3 Å². The molecule has 0 aromatic heterocycles. The molecule has 0 aliphatic carbocycles. The lowest BCUT2D eigenvalue weighted by Gasteiger charge is -2.33. The zero-order valence-corrected chi connectivity index (χ0v) is 11.6. The highest BCUT2D eigenvalue weighted by molar-refractivity contribution is 7.99. The van der Waals surface area contributed by atoms with E-state index in [1.165, 1.54) is 12.8 Å². The van der Waals surface area contributed by atoms with Crippen LogP contribution in [0.1, 0.15) is 32.6 Å². The maximum Gasteiger partial charge on any atom is 0.222 e. The van der Waals surface area contributed by atoms with Crippen molar-refractivity contribution < 1.29 is 4.79 Å². The molecule has 4 heteroatoms. The fourth-order valence-electron chi connectivity index (χ4n) is 2.74. The van der Waals surface area contributed by atoms with Crippen LogP contribution < -0.4 is 5.32 Å². The van der Waals surface area contributed by atoms with Gasteiger partial charge in [0.15, 0.2) is 0 Å². The summed E-state index contributed by atoms with van der Waals surface area (Å²) in [6, 6.07) is 0.439. The summed E-state index contributed by atoms with van der Waals surface area (Å²) < 4.78 is 0. The number of thioether (sulfide) groups is 1. The highest BCUT2D eigenvalue weighted by Gasteiger charge is 2.24. The Labute approximate surface area is 109 Å². The summed E-state index contributed by atoms with van der Waals surface area (Å²) in [6.07, 6.45) is 4.36. The number of hydrogen-bond acceptors (Lipinski definition) is 3. The van der Waals surface area contributed by atoms with E-state index in [1.54, 1.807) is 0 Å². The molecule has 0 spiro atoms. The third-order valence-corrected chi connectivity index (χ3v) is 5.10. The second-order valence-electron chi connectivity index (χ2n) is 5.24. The fourth-order valence-corrected chi connectivity index (χ4v) is 3.75. The second kappa shape index (κ2) is 6.64. The molecule has 3 nitrogen and oxygen atoms in total. The minimum absolute atomic E-state index is 0.385. The Kier molecular flexibility index (Phi) is 5.16. The Balaban J connectivity index is 1.72. The molecule has 1 amide bonds. The van der Waals surface area contributed by atoms with Crippen LogP contribution in [0.25, 0.3) is 0 Å². The first-order chi connectivity index (χ1) is 8.27. The van der Waals surface area contributed by atoms with E-state index in [-0.39, 0.29) is 0 Å². The highest BCUT2D eigenvalue weighted by Crippen LogP contribution is 2.21. The van der Waals surface area contributed by atoms with E-state index in [0.717, 1.165) is 49.9 Å². The monoisotopic (exact) mass is 256 g/mol. The van der Waals surface area contributed by atoms with Crippen molar-refractivity contribution in [3.05, 3.63) is 0 Å². The smallest absolute Gasteiger partial charge is 0.222 e. The highest BCUT2D eigenvalue weighted by atomic mass is 32.2. The van der Waals surface area contributed by atoms with Gasteiger partial charge in [0.2, 0.25) is 5.91 Å². The van der Waals surface area contributed by atoms with Crippen LogP contribution in [-0.2, 0) is 4.79 Å². The Hall–Kier alpha value is -0.220. The van der Waals surface area contributed by atoms with Crippen molar-refractivity contribution in [3.8, 4) is 0 Å². The summed E-state index contributed by atoms with van der Waals surface area (Å²) in [5.41, 5.74) is 0. The number of carbonyl (C=O) groups excluding carboxylic acids is 1. The first kappa shape index (κ1) is 13.2. The number of carbonyl (C=O) groups is 1. The standard InChI is InChI=1S/C13H24N2OS/c1-11-10-17-9-8-15(11)13(16)3-2-12-4-6-14-7-5-12/h11-12,14H,2-10H2,1H3. The minimum Gasteiger partial charge on any atom is -0.338 e. The van der Waals surface area contributed by atoms with Crippen LogP contribution in [-0.4, -0.2) is 48.0 Å². The third kappa shape index (κ3) is 3.88. The number of nitrogens with one attached hydrogen (secondary N) is 1. The predicted molar refractivity (Wildman–Crippen MR) is 73.3 cm³/mol. The van der Waals surface area contributed by atoms with Crippen molar-refractivity contribution in [2.75, 3.05) is 31.1 Å². The SMILES string of the molecule is CC1CSCCN1C(=O)CCC1CCNCC1. The molecular formula is C13H24N2OS. The van der Waals surface area contributed by atoms with Crippen molar-refractivity contribution in [1.82, 2.24) is 10.2 Å². The molecule has 98 valence electrons. The van der Waals surface area contributed by atoms with Gasteiger partial charge in [0.1, 0.15) is 0 Å². The largest absolute Gasteiger partial charge is 0.338 e. The molecule has 1 N–H and O–H groups in total. The number of nitrogens with zero attached hydrogens (tertiary/aromatic N) is 1. The van der Waals surface area contributed by atoms with Gasteiger partial charge in [-0.2, -0.15) is 11.8 Å². The van der Waals surface area contributed by atoms with E-state index in [0.29, 0.717) is 11.9 Å². The summed E-state index contributed by atoms with van der Waals surface area (Å²) >= 11 is 1.97. The van der Waals surface area contributed by atoms with Crippen molar-refractivity contribution in [2.45, 2.75) is 38.6 Å². The lowest BCUT2D eigenvalue weighted by atomic mass is 9.93. The van der Waals surface area contributed by atoms with Gasteiger partial charge in [-0.1, -0.05) is 0 Å². The van der Waals surface area contributed by atoms with Crippen LogP contribution in [0, 0.1) is 5.92 Å². The fraction of sp³-hybridized carbons (Fsp3) is 0.923. The van der Waals surface area contributed by atoms with Gasteiger partial charge < -0.3 is 10.2 Å². The minimum atomic E-state index is 0.385. The van der Waals surface area contributed by atoms with Gasteiger partial charge in [-0.3, -0.25) is 4.79 Å². The summed E-state index contributed by atoms with van der Waals surface area (Å²) in [6.45, 7) is 5.40. The molecule has 0 radical (unpaired) electrons. The average molecular weight is 256 g/mol. The number of hydrogen-bond donors (Lipinski definition) is 1. The predicted octanol–water partition coefficient (Wildman–Crippen LogP) is 1.73. The van der Waals surface area contributed by atoms with E-state index in [2.05, 4.69) is 17.1 Å². The summed E-state index contributed by atoms with van der Waals surface area (Å²) in [5, 5.41) is 3.37. The van der Waals surface area contributed by atoms with Gasteiger partial charge in [-0.25, -0.2) is 0 Å². The first-order valence-corrected chi connectivity index (χ1v) is 8.01. The molecule has 2 aliphatic rings. The van der Waals surface area contributed by atoms with Crippen LogP contribution in [0.2, 0.25) is 0 Å².